The van der Waals surface area contributed by atoms with Gasteiger partial charge in [-0.1, -0.05) is 27.2 Å². The van der Waals surface area contributed by atoms with Crippen LogP contribution in [0.4, 0.5) is 0 Å². The average Bonchev–Trinajstić information content (AvgIpc) is 2.38. The molecule has 0 N–H and O–H groups in total. The summed E-state index contributed by atoms with van der Waals surface area (Å²) in [4.78, 5) is 17.0. The van der Waals surface area contributed by atoms with Crippen LogP contribution in [0.15, 0.2) is 0 Å². The third-order valence-electron chi connectivity index (χ3n) is 4.78. The van der Waals surface area contributed by atoms with Crippen LogP contribution < -0.4 is 0 Å². The van der Waals surface area contributed by atoms with Gasteiger partial charge in [-0.3, -0.25) is 9.69 Å². The molecule has 3 heteroatoms. The first-order valence-corrected chi connectivity index (χ1v) is 8.12. The van der Waals surface area contributed by atoms with Crippen LogP contribution in [-0.4, -0.2) is 47.9 Å². The van der Waals surface area contributed by atoms with Gasteiger partial charge in [0.25, 0.3) is 0 Å². The minimum absolute atomic E-state index is 0.360. The fourth-order valence-corrected chi connectivity index (χ4v) is 3.87. The van der Waals surface area contributed by atoms with Gasteiger partial charge in [-0.05, 0) is 44.1 Å². The summed E-state index contributed by atoms with van der Waals surface area (Å²) in [6.45, 7) is 10.5. The smallest absolute Gasteiger partial charge is 0.236 e. The fourth-order valence-electron chi connectivity index (χ4n) is 3.87. The molecule has 2 aliphatic rings. The molecular weight excluding hydrogens is 236 g/mol. The number of hydrogen-bond donors (Lipinski definition) is 0. The zero-order chi connectivity index (χ0) is 13.8. The summed E-state index contributed by atoms with van der Waals surface area (Å²) in [5, 5.41) is 0. The van der Waals surface area contributed by atoms with Crippen molar-refractivity contribution < 1.29 is 4.79 Å². The van der Waals surface area contributed by atoms with Crippen molar-refractivity contribution in [2.24, 2.45) is 11.8 Å². The predicted molar refractivity (Wildman–Crippen MR) is 79.0 cm³/mol. The fraction of sp³-hybridized carbons (Fsp3) is 0.938. The quantitative estimate of drug-likeness (QED) is 0.784. The summed E-state index contributed by atoms with van der Waals surface area (Å²) in [5.41, 5.74) is 0. The highest BCUT2D eigenvalue weighted by Crippen LogP contribution is 2.23. The second-order valence-electron chi connectivity index (χ2n) is 6.77. The largest absolute Gasteiger partial charge is 0.341 e. The third kappa shape index (κ3) is 3.95. The first-order valence-electron chi connectivity index (χ1n) is 8.12. The molecule has 2 fully saturated rings. The molecule has 3 atom stereocenters. The van der Waals surface area contributed by atoms with Gasteiger partial charge in [0.2, 0.25) is 5.91 Å². The molecule has 0 spiro atoms. The maximum atomic E-state index is 12.5. The molecule has 3 nitrogen and oxygen atoms in total. The molecule has 0 aromatic heterocycles. The van der Waals surface area contributed by atoms with Gasteiger partial charge in [-0.15, -0.1) is 0 Å². The lowest BCUT2D eigenvalue weighted by molar-refractivity contribution is -0.136. The van der Waals surface area contributed by atoms with Gasteiger partial charge in [-0.2, -0.15) is 0 Å². The monoisotopic (exact) mass is 266 g/mol. The molecule has 2 saturated heterocycles. The third-order valence-corrected chi connectivity index (χ3v) is 4.78. The molecule has 1 amide bonds. The number of carbonyl (C=O) groups excluding carboxylic acids is 1. The zero-order valence-electron chi connectivity index (χ0n) is 12.9. The van der Waals surface area contributed by atoms with E-state index in [1.165, 1.54) is 32.1 Å². The highest BCUT2D eigenvalue weighted by atomic mass is 16.2. The van der Waals surface area contributed by atoms with E-state index in [1.807, 2.05) is 0 Å². The summed E-state index contributed by atoms with van der Waals surface area (Å²) in [6.07, 6.45) is 6.32. The van der Waals surface area contributed by atoms with Crippen LogP contribution in [0.1, 0.15) is 52.9 Å². The number of amides is 1. The zero-order valence-corrected chi connectivity index (χ0v) is 12.9. The van der Waals surface area contributed by atoms with Crippen LogP contribution in [-0.2, 0) is 4.79 Å². The van der Waals surface area contributed by atoms with E-state index in [-0.39, 0.29) is 0 Å². The summed E-state index contributed by atoms with van der Waals surface area (Å²) in [6, 6.07) is 0.636. The molecular formula is C16H30N2O. The first kappa shape index (κ1) is 14.8. The lowest BCUT2D eigenvalue weighted by atomic mass is 9.92. The minimum atomic E-state index is 0.360. The van der Waals surface area contributed by atoms with Crippen LogP contribution in [0.5, 0.6) is 0 Å². The van der Waals surface area contributed by atoms with Gasteiger partial charge in [0.15, 0.2) is 0 Å². The highest BCUT2D eigenvalue weighted by molar-refractivity contribution is 5.78. The number of likely N-dealkylation sites (tertiary alicyclic amines) is 2. The number of nitrogens with zero attached hydrogens (tertiary/aromatic N) is 2. The van der Waals surface area contributed by atoms with Crippen molar-refractivity contribution >= 4 is 5.91 Å². The van der Waals surface area contributed by atoms with Crippen LogP contribution in [0.2, 0.25) is 0 Å². The van der Waals surface area contributed by atoms with Gasteiger partial charge < -0.3 is 4.90 Å². The summed E-state index contributed by atoms with van der Waals surface area (Å²) >= 11 is 0. The van der Waals surface area contributed by atoms with E-state index in [9.17, 15) is 4.79 Å². The molecule has 0 aromatic rings. The average molecular weight is 266 g/mol. The van der Waals surface area contributed by atoms with Gasteiger partial charge in [0.05, 0.1) is 6.54 Å². The maximum absolute atomic E-state index is 12.5. The van der Waals surface area contributed by atoms with Crippen molar-refractivity contribution in [3.8, 4) is 0 Å². The van der Waals surface area contributed by atoms with Gasteiger partial charge in [0, 0.05) is 19.1 Å². The van der Waals surface area contributed by atoms with Gasteiger partial charge in [-0.25, -0.2) is 0 Å². The lowest BCUT2D eigenvalue weighted by Gasteiger charge is -2.39. The molecule has 0 aromatic carbocycles. The Balaban J connectivity index is 1.88. The van der Waals surface area contributed by atoms with E-state index in [4.69, 9.17) is 0 Å². The second kappa shape index (κ2) is 6.74. The van der Waals surface area contributed by atoms with Crippen molar-refractivity contribution in [3.05, 3.63) is 0 Å². The maximum Gasteiger partial charge on any atom is 0.236 e. The van der Waals surface area contributed by atoms with Crippen molar-refractivity contribution in [1.82, 2.24) is 9.80 Å². The Kier molecular flexibility index (Phi) is 5.26. The van der Waals surface area contributed by atoms with E-state index in [0.717, 1.165) is 19.6 Å². The number of rotatable bonds is 3. The molecule has 0 aliphatic carbocycles. The Bertz CT molecular complexity index is 295. The van der Waals surface area contributed by atoms with Crippen LogP contribution in [0.25, 0.3) is 0 Å². The molecule has 2 rings (SSSR count). The first-order chi connectivity index (χ1) is 9.10. The van der Waals surface area contributed by atoms with E-state index in [1.54, 1.807) is 0 Å². The molecule has 0 unspecified atom stereocenters. The van der Waals surface area contributed by atoms with Crippen molar-refractivity contribution in [1.29, 1.82) is 0 Å². The standard InChI is InChI=1S/C16H30N2O/c1-4-15-7-5-6-8-17(15)12-16(19)18-10-13(2)9-14(3)11-18/h13-15H,4-12H2,1-3H3/t13-,14-,15-/m1/s1. The van der Waals surface area contributed by atoms with Crippen molar-refractivity contribution in [2.45, 2.75) is 58.9 Å². The molecule has 110 valence electrons. The molecule has 19 heavy (non-hydrogen) atoms. The Morgan fingerprint density at radius 1 is 1.16 bits per heavy atom. The topological polar surface area (TPSA) is 23.6 Å². The van der Waals surface area contributed by atoms with E-state index < -0.39 is 0 Å². The van der Waals surface area contributed by atoms with Gasteiger partial charge >= 0.3 is 0 Å². The van der Waals surface area contributed by atoms with Gasteiger partial charge in [0.1, 0.15) is 0 Å². The summed E-state index contributed by atoms with van der Waals surface area (Å²) in [7, 11) is 0. The van der Waals surface area contributed by atoms with Crippen molar-refractivity contribution in [3.63, 3.8) is 0 Å². The molecule has 2 aliphatic heterocycles. The normalized spacial score (nSPS) is 33.4. The van der Waals surface area contributed by atoms with E-state index >= 15 is 0 Å². The molecule has 0 saturated carbocycles. The number of piperidine rings is 2. The Hall–Kier alpha value is -0.570. The Labute approximate surface area is 118 Å². The van der Waals surface area contributed by atoms with Crippen LogP contribution >= 0.6 is 0 Å². The van der Waals surface area contributed by atoms with Crippen molar-refractivity contribution in [2.75, 3.05) is 26.2 Å². The lowest BCUT2D eigenvalue weighted by Crippen LogP contribution is -2.50. The molecule has 2 heterocycles. The minimum Gasteiger partial charge on any atom is -0.341 e. The SMILES string of the molecule is CC[C@@H]1CCCCN1CC(=O)N1C[C@H](C)C[C@@H](C)C1. The predicted octanol–water partition coefficient (Wildman–Crippen LogP) is 2.76. The second-order valence-corrected chi connectivity index (χ2v) is 6.77. The summed E-state index contributed by atoms with van der Waals surface area (Å²) in [5.74, 6) is 1.69. The number of hydrogen-bond acceptors (Lipinski definition) is 2. The Morgan fingerprint density at radius 3 is 2.47 bits per heavy atom. The Morgan fingerprint density at radius 2 is 1.84 bits per heavy atom. The number of carbonyl (C=O) groups is 1. The van der Waals surface area contributed by atoms with E-state index in [2.05, 4.69) is 30.6 Å². The van der Waals surface area contributed by atoms with E-state index in [0.29, 0.717) is 30.3 Å². The molecule has 0 bridgehead atoms. The highest BCUT2D eigenvalue weighted by Gasteiger charge is 2.28. The van der Waals surface area contributed by atoms with Crippen LogP contribution in [0.3, 0.4) is 0 Å². The van der Waals surface area contributed by atoms with Crippen LogP contribution in [0, 0.1) is 11.8 Å². The summed E-state index contributed by atoms with van der Waals surface area (Å²) < 4.78 is 0. The molecule has 0 radical (unpaired) electrons.